The van der Waals surface area contributed by atoms with Crippen molar-refractivity contribution in [1.29, 1.82) is 0 Å². The Morgan fingerprint density at radius 2 is 1.47 bits per heavy atom. The fourth-order valence-electron chi connectivity index (χ4n) is 4.53. The molecule has 0 fully saturated rings. The van der Waals surface area contributed by atoms with E-state index >= 15 is 0 Å². The molecule has 0 unspecified atom stereocenters. The molecule has 0 spiro atoms. The average Bonchev–Trinajstić information content (AvgIpc) is 2.92. The van der Waals surface area contributed by atoms with Gasteiger partial charge in [-0.2, -0.15) is 0 Å². The van der Waals surface area contributed by atoms with Crippen molar-refractivity contribution >= 4 is 0 Å². The van der Waals surface area contributed by atoms with Gasteiger partial charge in [-0.1, -0.05) is 30.3 Å². The number of hydrogen-bond acceptors (Lipinski definition) is 4. The van der Waals surface area contributed by atoms with Crippen LogP contribution in [0.5, 0.6) is 11.5 Å². The van der Waals surface area contributed by atoms with Gasteiger partial charge in [-0.15, -0.1) is 0 Å². The quantitative estimate of drug-likeness (QED) is 0.578. The van der Waals surface area contributed by atoms with Crippen LogP contribution in [-0.2, 0) is 19.3 Å². The van der Waals surface area contributed by atoms with Crippen LogP contribution < -0.4 is 9.47 Å². The van der Waals surface area contributed by atoms with Crippen LogP contribution in [0.4, 0.5) is 0 Å². The first-order valence-corrected chi connectivity index (χ1v) is 11.2. The van der Waals surface area contributed by atoms with E-state index in [4.69, 9.17) is 9.47 Å². The van der Waals surface area contributed by atoms with Gasteiger partial charge in [-0.05, 0) is 100 Å². The molecule has 0 bridgehead atoms. The van der Waals surface area contributed by atoms with Crippen molar-refractivity contribution in [3.63, 3.8) is 0 Å². The first-order chi connectivity index (χ1) is 14.5. The standard InChI is InChI=1S/C26H37NO3/c1-27(17-7-11-21-9-5-4-6-10-21)18-8-14-26(28)15-12-22-19-24(29-2)25(30-3)20-23(22)13-16-26/h4-6,9-10,19-20,28H,7-8,11-18H2,1-3H3. The molecular formula is C26H37NO3. The molecule has 4 nitrogen and oxygen atoms in total. The van der Waals surface area contributed by atoms with Crippen molar-refractivity contribution in [2.45, 2.75) is 57.0 Å². The SMILES string of the molecule is COc1cc2c(cc1OC)CCC(O)(CCCN(C)CCCc1ccccc1)CC2. The molecule has 0 radical (unpaired) electrons. The lowest BCUT2D eigenvalue weighted by molar-refractivity contribution is 0.0135. The summed E-state index contributed by atoms with van der Waals surface area (Å²) in [6, 6.07) is 14.9. The maximum Gasteiger partial charge on any atom is 0.161 e. The van der Waals surface area contributed by atoms with Crippen molar-refractivity contribution in [2.24, 2.45) is 0 Å². The molecule has 2 aromatic carbocycles. The highest BCUT2D eigenvalue weighted by atomic mass is 16.5. The minimum atomic E-state index is -0.579. The van der Waals surface area contributed by atoms with Gasteiger partial charge in [0, 0.05) is 0 Å². The Bertz CT molecular complexity index is 755. The molecule has 2 aromatic rings. The minimum Gasteiger partial charge on any atom is -0.493 e. The fraction of sp³-hybridized carbons (Fsp3) is 0.538. The predicted octanol–water partition coefficient (Wildman–Crippen LogP) is 4.66. The fourth-order valence-corrected chi connectivity index (χ4v) is 4.53. The molecule has 4 heteroatoms. The zero-order chi connectivity index (χ0) is 21.4. The van der Waals surface area contributed by atoms with Gasteiger partial charge in [0.2, 0.25) is 0 Å². The van der Waals surface area contributed by atoms with Gasteiger partial charge in [-0.3, -0.25) is 0 Å². The molecule has 30 heavy (non-hydrogen) atoms. The number of nitrogens with zero attached hydrogens (tertiary/aromatic N) is 1. The topological polar surface area (TPSA) is 41.9 Å². The number of aryl methyl sites for hydroxylation is 3. The van der Waals surface area contributed by atoms with Gasteiger partial charge in [0.05, 0.1) is 19.8 Å². The van der Waals surface area contributed by atoms with E-state index in [-0.39, 0.29) is 0 Å². The van der Waals surface area contributed by atoms with Crippen LogP contribution in [0, 0.1) is 0 Å². The van der Waals surface area contributed by atoms with Crippen molar-refractivity contribution in [1.82, 2.24) is 4.90 Å². The Labute approximate surface area is 181 Å². The molecule has 3 rings (SSSR count). The number of benzene rings is 2. The summed E-state index contributed by atoms with van der Waals surface area (Å²) in [5.41, 5.74) is 3.39. The third kappa shape index (κ3) is 6.23. The Kier molecular flexibility index (Phi) is 8.17. The van der Waals surface area contributed by atoms with Gasteiger partial charge >= 0.3 is 0 Å². The number of fused-ring (bicyclic) bond motifs is 1. The van der Waals surface area contributed by atoms with Crippen molar-refractivity contribution in [2.75, 3.05) is 34.4 Å². The third-order valence-corrected chi connectivity index (χ3v) is 6.46. The van der Waals surface area contributed by atoms with Crippen LogP contribution in [0.1, 0.15) is 48.8 Å². The molecule has 0 atom stereocenters. The van der Waals surface area contributed by atoms with E-state index in [1.165, 1.54) is 23.1 Å². The lowest BCUT2D eigenvalue weighted by Crippen LogP contribution is -2.31. The van der Waals surface area contributed by atoms with E-state index in [2.05, 4.69) is 54.4 Å². The minimum absolute atomic E-state index is 0.579. The summed E-state index contributed by atoms with van der Waals surface area (Å²) < 4.78 is 10.9. The molecule has 164 valence electrons. The van der Waals surface area contributed by atoms with Crippen LogP contribution in [-0.4, -0.2) is 50.0 Å². The summed E-state index contributed by atoms with van der Waals surface area (Å²) in [7, 11) is 5.54. The van der Waals surface area contributed by atoms with E-state index in [1.807, 2.05) is 0 Å². The normalized spacial score (nSPS) is 15.5. The second-order valence-electron chi connectivity index (χ2n) is 8.70. The van der Waals surface area contributed by atoms with Gasteiger partial charge in [0.25, 0.3) is 0 Å². The maximum absolute atomic E-state index is 11.2. The van der Waals surface area contributed by atoms with Gasteiger partial charge in [0.15, 0.2) is 11.5 Å². The molecule has 0 aromatic heterocycles. The van der Waals surface area contributed by atoms with E-state index < -0.39 is 5.60 Å². The number of ether oxygens (including phenoxy) is 2. The summed E-state index contributed by atoms with van der Waals surface area (Å²) in [6.07, 6.45) is 7.59. The van der Waals surface area contributed by atoms with Crippen molar-refractivity contribution in [3.8, 4) is 11.5 Å². The van der Waals surface area contributed by atoms with Crippen LogP contribution in [0.2, 0.25) is 0 Å². The molecule has 0 aliphatic heterocycles. The first-order valence-electron chi connectivity index (χ1n) is 11.2. The highest BCUT2D eigenvalue weighted by molar-refractivity contribution is 5.48. The molecular weight excluding hydrogens is 374 g/mol. The summed E-state index contributed by atoms with van der Waals surface area (Å²) in [4.78, 5) is 2.40. The first kappa shape index (κ1) is 22.6. The van der Waals surface area contributed by atoms with Gasteiger partial charge < -0.3 is 19.5 Å². The molecule has 1 aliphatic carbocycles. The number of rotatable bonds is 10. The highest BCUT2D eigenvalue weighted by Crippen LogP contribution is 2.37. The summed E-state index contributed by atoms with van der Waals surface area (Å²) in [6.45, 7) is 2.13. The monoisotopic (exact) mass is 411 g/mol. The summed E-state index contributed by atoms with van der Waals surface area (Å²) >= 11 is 0. The van der Waals surface area contributed by atoms with Crippen molar-refractivity contribution < 1.29 is 14.6 Å². The smallest absolute Gasteiger partial charge is 0.161 e. The Morgan fingerprint density at radius 1 is 0.900 bits per heavy atom. The van der Waals surface area contributed by atoms with Crippen LogP contribution >= 0.6 is 0 Å². The highest BCUT2D eigenvalue weighted by Gasteiger charge is 2.30. The number of methoxy groups -OCH3 is 2. The van der Waals surface area contributed by atoms with Crippen molar-refractivity contribution in [3.05, 3.63) is 59.2 Å². The predicted molar refractivity (Wildman–Crippen MR) is 123 cm³/mol. The Morgan fingerprint density at radius 3 is 2.03 bits per heavy atom. The number of aliphatic hydroxyl groups is 1. The Balaban J connectivity index is 1.44. The van der Waals surface area contributed by atoms with Crippen LogP contribution in [0.3, 0.4) is 0 Å². The largest absolute Gasteiger partial charge is 0.493 e. The maximum atomic E-state index is 11.2. The number of hydrogen-bond donors (Lipinski definition) is 1. The zero-order valence-corrected chi connectivity index (χ0v) is 18.8. The van der Waals surface area contributed by atoms with Gasteiger partial charge in [0.1, 0.15) is 0 Å². The van der Waals surface area contributed by atoms with E-state index in [9.17, 15) is 5.11 Å². The molecule has 0 heterocycles. The van der Waals surface area contributed by atoms with Gasteiger partial charge in [-0.25, -0.2) is 0 Å². The third-order valence-electron chi connectivity index (χ3n) is 6.46. The second kappa shape index (κ2) is 10.8. The molecule has 0 saturated carbocycles. The van der Waals surface area contributed by atoms with E-state index in [0.717, 1.165) is 69.5 Å². The van der Waals surface area contributed by atoms with Crippen LogP contribution in [0.15, 0.2) is 42.5 Å². The summed E-state index contributed by atoms with van der Waals surface area (Å²) in [5.74, 6) is 1.55. The zero-order valence-electron chi connectivity index (χ0n) is 18.8. The molecule has 1 aliphatic rings. The second-order valence-corrected chi connectivity index (χ2v) is 8.70. The molecule has 1 N–H and O–H groups in total. The van der Waals surface area contributed by atoms with Crippen LogP contribution in [0.25, 0.3) is 0 Å². The van der Waals surface area contributed by atoms with E-state index in [1.54, 1.807) is 14.2 Å². The Hall–Kier alpha value is -2.04. The summed E-state index contributed by atoms with van der Waals surface area (Å²) in [5, 5.41) is 11.2. The lowest BCUT2D eigenvalue weighted by Gasteiger charge is -2.27. The molecule has 0 amide bonds. The molecule has 0 saturated heterocycles. The van der Waals surface area contributed by atoms with E-state index in [0.29, 0.717) is 0 Å². The lowest BCUT2D eigenvalue weighted by atomic mass is 9.89. The average molecular weight is 412 g/mol.